The Morgan fingerprint density at radius 1 is 0.857 bits per heavy atom. The van der Waals surface area contributed by atoms with Gasteiger partial charge in [0.1, 0.15) is 0 Å². The fourth-order valence-corrected chi connectivity index (χ4v) is 3.40. The van der Waals surface area contributed by atoms with E-state index < -0.39 is 0 Å². The van der Waals surface area contributed by atoms with E-state index in [1.165, 1.54) is 32.9 Å². The number of nitrogens with zero attached hydrogens (tertiary/aromatic N) is 1. The van der Waals surface area contributed by atoms with Crippen molar-refractivity contribution in [3.8, 4) is 0 Å². The maximum atomic E-state index is 3.31. The van der Waals surface area contributed by atoms with E-state index in [1.54, 1.807) is 0 Å². The van der Waals surface area contributed by atoms with Crippen LogP contribution in [-0.2, 0) is 12.8 Å². The number of fused-ring (bicyclic) bond motifs is 2. The normalized spacial score (nSPS) is 12.3. The monoisotopic (exact) mass is 376 g/mol. The number of benzene rings is 2. The second kappa shape index (κ2) is 9.58. The molecule has 148 valence electrons. The Hall–Kier alpha value is -2.56. The smallest absolute Gasteiger partial charge is 0.0456 e. The number of aromatic amines is 2. The van der Waals surface area contributed by atoms with Crippen LogP contribution in [0.5, 0.6) is 0 Å². The minimum Gasteiger partial charge on any atom is -0.361 e. The van der Waals surface area contributed by atoms with Crippen LogP contribution < -0.4 is 5.32 Å². The molecule has 28 heavy (non-hydrogen) atoms. The van der Waals surface area contributed by atoms with Gasteiger partial charge in [0.25, 0.3) is 0 Å². The predicted octanol–water partition coefficient (Wildman–Crippen LogP) is 4.59. The summed E-state index contributed by atoms with van der Waals surface area (Å²) in [6, 6.07) is 17.5. The van der Waals surface area contributed by atoms with E-state index in [9.17, 15) is 0 Å². The van der Waals surface area contributed by atoms with E-state index in [0.29, 0.717) is 6.04 Å². The summed E-state index contributed by atoms with van der Waals surface area (Å²) in [4.78, 5) is 8.83. The molecule has 0 saturated heterocycles. The van der Waals surface area contributed by atoms with Crippen molar-refractivity contribution in [1.82, 2.24) is 20.2 Å². The summed E-state index contributed by atoms with van der Waals surface area (Å²) >= 11 is 0. The highest BCUT2D eigenvalue weighted by atomic mass is 15.1. The van der Waals surface area contributed by atoms with Crippen LogP contribution in [0.15, 0.2) is 60.9 Å². The number of para-hydroxylation sites is 2. The summed E-state index contributed by atoms with van der Waals surface area (Å²) in [7, 11) is 6.23. The molecule has 0 saturated carbocycles. The highest BCUT2D eigenvalue weighted by Crippen LogP contribution is 2.20. The van der Waals surface area contributed by atoms with Crippen molar-refractivity contribution in [3.63, 3.8) is 0 Å². The molecule has 1 atom stereocenters. The van der Waals surface area contributed by atoms with Gasteiger partial charge in [0, 0.05) is 40.2 Å². The lowest BCUT2D eigenvalue weighted by Crippen LogP contribution is -2.26. The molecule has 4 heteroatoms. The number of hydrogen-bond acceptors (Lipinski definition) is 2. The van der Waals surface area contributed by atoms with Crippen molar-refractivity contribution in [3.05, 3.63) is 72.1 Å². The molecular weight excluding hydrogens is 344 g/mol. The molecule has 0 aliphatic rings. The first-order valence-electron chi connectivity index (χ1n) is 10.0. The number of likely N-dealkylation sites (N-methyl/N-ethyl adjacent to an activating group) is 2. The minimum atomic E-state index is 0.573. The first-order chi connectivity index (χ1) is 13.6. The van der Waals surface area contributed by atoms with Gasteiger partial charge in [0.05, 0.1) is 0 Å². The van der Waals surface area contributed by atoms with Gasteiger partial charge in [-0.1, -0.05) is 36.4 Å². The fraction of sp³-hybridized carbons (Fsp3) is 0.333. The van der Waals surface area contributed by atoms with Crippen molar-refractivity contribution in [2.45, 2.75) is 25.8 Å². The Morgan fingerprint density at radius 2 is 1.39 bits per heavy atom. The lowest BCUT2D eigenvalue weighted by atomic mass is 10.1. The Balaban J connectivity index is 0.000000162. The summed E-state index contributed by atoms with van der Waals surface area (Å²) in [5.74, 6) is 0. The third-order valence-corrected chi connectivity index (χ3v) is 5.39. The van der Waals surface area contributed by atoms with Crippen LogP contribution in [0.2, 0.25) is 0 Å². The molecule has 2 aromatic carbocycles. The molecule has 3 N–H and O–H groups in total. The number of H-pyrrole nitrogens is 2. The fourth-order valence-electron chi connectivity index (χ4n) is 3.40. The molecule has 0 aliphatic heterocycles. The number of aromatic nitrogens is 2. The summed E-state index contributed by atoms with van der Waals surface area (Å²) in [5.41, 5.74) is 5.27. The first-order valence-corrected chi connectivity index (χ1v) is 10.0. The molecule has 0 radical (unpaired) electrons. The molecule has 0 amide bonds. The average molecular weight is 377 g/mol. The molecule has 0 spiro atoms. The summed E-state index contributed by atoms with van der Waals surface area (Å²) in [5, 5.41) is 5.85. The van der Waals surface area contributed by atoms with Crippen molar-refractivity contribution < 1.29 is 0 Å². The topological polar surface area (TPSA) is 46.9 Å². The molecule has 2 heterocycles. The van der Waals surface area contributed by atoms with Crippen molar-refractivity contribution >= 4 is 21.8 Å². The zero-order chi connectivity index (χ0) is 19.9. The van der Waals surface area contributed by atoms with Crippen molar-refractivity contribution in [2.75, 3.05) is 27.7 Å². The second-order valence-corrected chi connectivity index (χ2v) is 7.59. The quantitative estimate of drug-likeness (QED) is 0.461. The molecule has 0 bridgehead atoms. The van der Waals surface area contributed by atoms with Gasteiger partial charge in [-0.05, 0) is 70.7 Å². The molecule has 0 fully saturated rings. The Bertz CT molecular complexity index is 996. The Morgan fingerprint density at radius 3 is 1.96 bits per heavy atom. The van der Waals surface area contributed by atoms with E-state index >= 15 is 0 Å². The van der Waals surface area contributed by atoms with Gasteiger partial charge in [-0.2, -0.15) is 0 Å². The van der Waals surface area contributed by atoms with Gasteiger partial charge >= 0.3 is 0 Å². The molecule has 4 rings (SSSR count). The van der Waals surface area contributed by atoms with E-state index in [2.05, 4.69) is 102 Å². The molecule has 2 aromatic heterocycles. The van der Waals surface area contributed by atoms with Crippen LogP contribution in [-0.4, -0.2) is 48.6 Å². The molecule has 1 unspecified atom stereocenters. The Labute approximate surface area is 168 Å². The van der Waals surface area contributed by atoms with Crippen molar-refractivity contribution in [2.24, 2.45) is 0 Å². The standard InChI is InChI=1S/C13H18N2.C11H14N2/c1-10(15(2)3)8-11-9-14-13-7-5-4-6-12(11)13;1-12-7-6-9-8-13-11-5-3-2-4-10(9)11/h4-7,9-10,14H,8H2,1-3H3;2-5,8,12-13H,6-7H2,1H3. The highest BCUT2D eigenvalue weighted by molar-refractivity contribution is 5.83. The molecule has 4 aromatic rings. The molecule has 4 nitrogen and oxygen atoms in total. The summed E-state index contributed by atoms with van der Waals surface area (Å²) in [6.07, 6.45) is 6.41. The lowest BCUT2D eigenvalue weighted by molar-refractivity contribution is 0.313. The lowest BCUT2D eigenvalue weighted by Gasteiger charge is -2.19. The third-order valence-electron chi connectivity index (χ3n) is 5.39. The largest absolute Gasteiger partial charge is 0.361 e. The maximum Gasteiger partial charge on any atom is 0.0456 e. The van der Waals surface area contributed by atoms with E-state index in [-0.39, 0.29) is 0 Å². The highest BCUT2D eigenvalue weighted by Gasteiger charge is 2.09. The van der Waals surface area contributed by atoms with Crippen LogP contribution in [0.4, 0.5) is 0 Å². The summed E-state index contributed by atoms with van der Waals surface area (Å²) < 4.78 is 0. The van der Waals surface area contributed by atoms with E-state index in [4.69, 9.17) is 0 Å². The second-order valence-electron chi connectivity index (χ2n) is 7.59. The maximum absolute atomic E-state index is 3.31. The van der Waals surface area contributed by atoms with Gasteiger partial charge < -0.3 is 20.2 Å². The minimum absolute atomic E-state index is 0.573. The van der Waals surface area contributed by atoms with Gasteiger partial charge in [0.2, 0.25) is 0 Å². The van der Waals surface area contributed by atoms with E-state index in [0.717, 1.165) is 19.4 Å². The SMILES string of the molecule is CC(Cc1c[nH]c2ccccc12)N(C)C.CNCCc1c[nH]c2ccccc12. The first kappa shape index (κ1) is 20.2. The van der Waals surface area contributed by atoms with Crippen LogP contribution in [0.25, 0.3) is 21.8 Å². The van der Waals surface area contributed by atoms with Crippen LogP contribution in [0.3, 0.4) is 0 Å². The number of nitrogens with one attached hydrogen (secondary N) is 3. The van der Waals surface area contributed by atoms with Crippen molar-refractivity contribution in [1.29, 1.82) is 0 Å². The third kappa shape index (κ3) is 4.83. The van der Waals surface area contributed by atoms with E-state index in [1.807, 2.05) is 7.05 Å². The van der Waals surface area contributed by atoms with Gasteiger partial charge in [-0.3, -0.25) is 0 Å². The summed E-state index contributed by atoms with van der Waals surface area (Å²) in [6.45, 7) is 3.28. The molecule has 0 aliphatic carbocycles. The zero-order valence-corrected chi connectivity index (χ0v) is 17.4. The van der Waals surface area contributed by atoms with Crippen LogP contribution >= 0.6 is 0 Å². The van der Waals surface area contributed by atoms with Crippen LogP contribution in [0.1, 0.15) is 18.1 Å². The average Bonchev–Trinajstić information content (AvgIpc) is 3.31. The number of rotatable bonds is 6. The van der Waals surface area contributed by atoms with Gasteiger partial charge in [0.15, 0.2) is 0 Å². The van der Waals surface area contributed by atoms with Gasteiger partial charge in [-0.25, -0.2) is 0 Å². The molecular formula is C24H32N4. The number of hydrogen-bond donors (Lipinski definition) is 3. The predicted molar refractivity (Wildman–Crippen MR) is 121 cm³/mol. The van der Waals surface area contributed by atoms with Gasteiger partial charge in [-0.15, -0.1) is 0 Å². The van der Waals surface area contributed by atoms with Crippen LogP contribution in [0, 0.1) is 0 Å². The Kier molecular flexibility index (Phi) is 6.90. The zero-order valence-electron chi connectivity index (χ0n) is 17.4.